The molecule has 0 bridgehead atoms. The van der Waals surface area contributed by atoms with Gasteiger partial charge in [-0.2, -0.15) is 0 Å². The average molecular weight is 320 g/mol. The molecule has 6 heteroatoms. The van der Waals surface area contributed by atoms with Crippen molar-refractivity contribution in [2.45, 2.75) is 38.8 Å². The highest BCUT2D eigenvalue weighted by Crippen LogP contribution is 2.34. The summed E-state index contributed by atoms with van der Waals surface area (Å²) >= 11 is 0. The fourth-order valence-electron chi connectivity index (χ4n) is 2.89. The molecule has 5 nitrogen and oxygen atoms in total. The van der Waals surface area contributed by atoms with Crippen molar-refractivity contribution in [2.24, 2.45) is 5.92 Å². The van der Waals surface area contributed by atoms with Gasteiger partial charge in [0.05, 0.1) is 12.8 Å². The third-order valence-electron chi connectivity index (χ3n) is 4.39. The Morgan fingerprint density at radius 2 is 2.13 bits per heavy atom. The minimum Gasteiger partial charge on any atom is -0.467 e. The van der Waals surface area contributed by atoms with Crippen molar-refractivity contribution in [1.82, 2.24) is 4.90 Å². The summed E-state index contributed by atoms with van der Waals surface area (Å²) in [6.45, 7) is 4.41. The van der Waals surface area contributed by atoms with E-state index in [0.29, 0.717) is 23.6 Å². The van der Waals surface area contributed by atoms with Crippen LogP contribution in [0.4, 0.5) is 10.1 Å². The second-order valence-electron chi connectivity index (χ2n) is 6.86. The standard InChI is InChI=1S/C17H21FN2O3/c1-17(2,16(22)23-3)19-14-7-12-11(6-13(14)18)9-20(15(12)21)8-10-4-5-10/h6-7,10,19H,4-5,8-9H2,1-3H3. The molecule has 1 amide bonds. The maximum Gasteiger partial charge on any atom is 0.330 e. The molecule has 1 fully saturated rings. The first-order valence-corrected chi connectivity index (χ1v) is 7.80. The van der Waals surface area contributed by atoms with E-state index in [1.54, 1.807) is 18.7 Å². The molecule has 1 N–H and O–H groups in total. The monoisotopic (exact) mass is 320 g/mol. The molecule has 0 atom stereocenters. The van der Waals surface area contributed by atoms with Crippen LogP contribution in [0, 0.1) is 11.7 Å². The zero-order valence-electron chi connectivity index (χ0n) is 13.6. The molecule has 1 aliphatic heterocycles. The van der Waals surface area contributed by atoms with E-state index in [1.807, 2.05) is 0 Å². The summed E-state index contributed by atoms with van der Waals surface area (Å²) in [7, 11) is 1.28. The Hall–Kier alpha value is -2.11. The summed E-state index contributed by atoms with van der Waals surface area (Å²) in [6, 6.07) is 2.89. The third-order valence-corrected chi connectivity index (χ3v) is 4.39. The van der Waals surface area contributed by atoms with Gasteiger partial charge < -0.3 is 15.0 Å². The topological polar surface area (TPSA) is 58.6 Å². The molecule has 2 aliphatic rings. The molecule has 1 aliphatic carbocycles. The second-order valence-corrected chi connectivity index (χ2v) is 6.86. The number of halogens is 1. The van der Waals surface area contributed by atoms with Gasteiger partial charge in [0.25, 0.3) is 5.91 Å². The van der Waals surface area contributed by atoms with E-state index < -0.39 is 17.3 Å². The Bertz CT molecular complexity index is 668. The predicted molar refractivity (Wildman–Crippen MR) is 83.6 cm³/mol. The summed E-state index contributed by atoms with van der Waals surface area (Å²) in [5, 5.41) is 2.84. The average Bonchev–Trinajstić information content (AvgIpc) is 3.26. The minimum atomic E-state index is -1.08. The molecular weight excluding hydrogens is 299 g/mol. The van der Waals surface area contributed by atoms with E-state index in [0.717, 1.165) is 19.4 Å². The molecule has 1 heterocycles. The highest BCUT2D eigenvalue weighted by Gasteiger charge is 2.35. The summed E-state index contributed by atoms with van der Waals surface area (Å²) in [5.41, 5.74) is 0.268. The Balaban J connectivity index is 1.84. The van der Waals surface area contributed by atoms with Crippen LogP contribution in [0.25, 0.3) is 0 Å². The smallest absolute Gasteiger partial charge is 0.330 e. The van der Waals surface area contributed by atoms with Crippen LogP contribution >= 0.6 is 0 Å². The van der Waals surface area contributed by atoms with Crippen molar-refractivity contribution in [3.05, 3.63) is 29.1 Å². The van der Waals surface area contributed by atoms with E-state index in [1.165, 1.54) is 19.2 Å². The van der Waals surface area contributed by atoms with E-state index in [4.69, 9.17) is 4.74 Å². The zero-order chi connectivity index (χ0) is 16.8. The summed E-state index contributed by atoms with van der Waals surface area (Å²) in [6.07, 6.45) is 2.32. The zero-order valence-corrected chi connectivity index (χ0v) is 13.6. The molecule has 0 spiro atoms. The Kier molecular flexibility index (Phi) is 3.78. The van der Waals surface area contributed by atoms with Crippen LogP contribution in [0.2, 0.25) is 0 Å². The Labute approximate surface area is 134 Å². The summed E-state index contributed by atoms with van der Waals surface area (Å²) < 4.78 is 19.0. The van der Waals surface area contributed by atoms with Crippen LogP contribution in [0.5, 0.6) is 0 Å². The maximum absolute atomic E-state index is 14.3. The van der Waals surface area contributed by atoms with Gasteiger partial charge in [0.15, 0.2) is 0 Å². The molecule has 0 unspecified atom stereocenters. The van der Waals surface area contributed by atoms with Crippen molar-refractivity contribution in [3.63, 3.8) is 0 Å². The van der Waals surface area contributed by atoms with Crippen molar-refractivity contribution >= 4 is 17.6 Å². The number of hydrogen-bond acceptors (Lipinski definition) is 4. The molecule has 1 aromatic carbocycles. The van der Waals surface area contributed by atoms with Gasteiger partial charge in [-0.1, -0.05) is 0 Å². The number of hydrogen-bond donors (Lipinski definition) is 1. The number of nitrogens with zero attached hydrogens (tertiary/aromatic N) is 1. The predicted octanol–water partition coefficient (Wildman–Crippen LogP) is 2.56. The fourth-order valence-corrected chi connectivity index (χ4v) is 2.89. The van der Waals surface area contributed by atoms with Crippen molar-refractivity contribution in [1.29, 1.82) is 0 Å². The van der Waals surface area contributed by atoms with Gasteiger partial charge in [0.1, 0.15) is 11.4 Å². The van der Waals surface area contributed by atoms with Gasteiger partial charge in [0.2, 0.25) is 0 Å². The van der Waals surface area contributed by atoms with Gasteiger partial charge in [-0.25, -0.2) is 9.18 Å². The van der Waals surface area contributed by atoms with E-state index in [2.05, 4.69) is 5.32 Å². The first-order chi connectivity index (χ1) is 10.8. The van der Waals surface area contributed by atoms with Crippen LogP contribution in [0.1, 0.15) is 42.6 Å². The quantitative estimate of drug-likeness (QED) is 0.847. The van der Waals surface area contributed by atoms with Crippen molar-refractivity contribution in [2.75, 3.05) is 19.0 Å². The SMILES string of the molecule is COC(=O)C(C)(C)Nc1cc2c(cc1F)CN(CC1CC1)C2=O. The van der Waals surface area contributed by atoms with E-state index in [9.17, 15) is 14.0 Å². The molecule has 124 valence electrons. The molecule has 1 aromatic rings. The fraction of sp³-hybridized carbons (Fsp3) is 0.529. The summed E-state index contributed by atoms with van der Waals surface area (Å²) in [5.74, 6) is -0.444. The molecular formula is C17H21FN2O3. The largest absolute Gasteiger partial charge is 0.467 e. The highest BCUT2D eigenvalue weighted by molar-refractivity contribution is 5.99. The Morgan fingerprint density at radius 1 is 1.43 bits per heavy atom. The normalized spacial score (nSPS) is 17.2. The highest BCUT2D eigenvalue weighted by atomic mass is 19.1. The van der Waals surface area contributed by atoms with Gasteiger partial charge in [-0.05, 0) is 50.3 Å². The molecule has 1 saturated carbocycles. The van der Waals surface area contributed by atoms with Gasteiger partial charge >= 0.3 is 5.97 Å². The van der Waals surface area contributed by atoms with Crippen LogP contribution in [-0.4, -0.2) is 36.0 Å². The van der Waals surface area contributed by atoms with Crippen LogP contribution < -0.4 is 5.32 Å². The third kappa shape index (κ3) is 3.02. The lowest BCUT2D eigenvalue weighted by molar-refractivity contribution is -0.144. The number of amides is 1. The number of ether oxygens (including phenoxy) is 1. The number of carbonyl (C=O) groups is 2. The summed E-state index contributed by atoms with van der Waals surface area (Å²) in [4.78, 5) is 26.0. The first kappa shape index (κ1) is 15.8. The molecule has 3 rings (SSSR count). The van der Waals surface area contributed by atoms with Gasteiger partial charge in [-0.15, -0.1) is 0 Å². The molecule has 0 radical (unpaired) electrons. The number of rotatable bonds is 5. The second kappa shape index (κ2) is 5.51. The van der Waals surface area contributed by atoms with Crippen LogP contribution in [-0.2, 0) is 16.1 Å². The molecule has 0 saturated heterocycles. The van der Waals surface area contributed by atoms with Crippen molar-refractivity contribution in [3.8, 4) is 0 Å². The lowest BCUT2D eigenvalue weighted by atomic mass is 10.0. The minimum absolute atomic E-state index is 0.0641. The van der Waals surface area contributed by atoms with E-state index >= 15 is 0 Å². The lowest BCUT2D eigenvalue weighted by Crippen LogP contribution is -2.41. The van der Waals surface area contributed by atoms with E-state index in [-0.39, 0.29) is 11.6 Å². The van der Waals surface area contributed by atoms with Crippen molar-refractivity contribution < 1.29 is 18.7 Å². The number of anilines is 1. The number of esters is 1. The van der Waals surface area contributed by atoms with Crippen LogP contribution in [0.15, 0.2) is 12.1 Å². The molecule has 23 heavy (non-hydrogen) atoms. The number of methoxy groups -OCH3 is 1. The van der Waals surface area contributed by atoms with Crippen LogP contribution in [0.3, 0.4) is 0 Å². The first-order valence-electron chi connectivity index (χ1n) is 7.80. The maximum atomic E-state index is 14.3. The van der Waals surface area contributed by atoms with Gasteiger partial charge in [-0.3, -0.25) is 4.79 Å². The number of fused-ring (bicyclic) bond motifs is 1. The molecule has 0 aromatic heterocycles. The number of nitrogens with one attached hydrogen (secondary N) is 1. The lowest BCUT2D eigenvalue weighted by Gasteiger charge is -2.24. The number of benzene rings is 1. The Morgan fingerprint density at radius 3 is 2.74 bits per heavy atom. The van der Waals surface area contributed by atoms with Gasteiger partial charge in [0, 0.05) is 18.7 Å². The number of carbonyl (C=O) groups excluding carboxylic acids is 2.